The summed E-state index contributed by atoms with van der Waals surface area (Å²) in [6.07, 6.45) is 0. The van der Waals surface area contributed by atoms with Crippen molar-refractivity contribution < 1.29 is 14.6 Å². The predicted octanol–water partition coefficient (Wildman–Crippen LogP) is 3.27. The Kier molecular flexibility index (Phi) is 5.51. The van der Waals surface area contributed by atoms with E-state index < -0.39 is 0 Å². The average Bonchev–Trinajstić information content (AvgIpc) is 2.53. The highest BCUT2D eigenvalue weighted by atomic mass is 35.5. The van der Waals surface area contributed by atoms with E-state index in [2.05, 4.69) is 11.8 Å². The van der Waals surface area contributed by atoms with Crippen LogP contribution in [0.4, 0.5) is 0 Å². The summed E-state index contributed by atoms with van der Waals surface area (Å²) in [7, 11) is 1.52. The number of hydrogen-bond acceptors (Lipinski definition) is 3. The van der Waals surface area contributed by atoms with Gasteiger partial charge in [-0.1, -0.05) is 41.6 Å². The molecule has 1 N–H and O–H groups in total. The number of rotatable bonds is 4. The second kappa shape index (κ2) is 7.58. The SMILES string of the molecule is COc1cc(CO)cc(Cl)c1OCC#Cc1ccccc1. The van der Waals surface area contributed by atoms with Gasteiger partial charge in [0.25, 0.3) is 0 Å². The topological polar surface area (TPSA) is 38.7 Å². The molecule has 0 aromatic heterocycles. The molecule has 4 heteroatoms. The average molecular weight is 303 g/mol. The van der Waals surface area contributed by atoms with Crippen molar-refractivity contribution in [2.45, 2.75) is 6.61 Å². The van der Waals surface area contributed by atoms with E-state index in [0.29, 0.717) is 22.1 Å². The van der Waals surface area contributed by atoms with Gasteiger partial charge in [-0.2, -0.15) is 0 Å². The molecule has 0 aliphatic heterocycles. The van der Waals surface area contributed by atoms with Gasteiger partial charge in [-0.3, -0.25) is 0 Å². The Bertz CT molecular complexity index is 657. The van der Waals surface area contributed by atoms with Crippen LogP contribution in [0, 0.1) is 11.8 Å². The fourth-order valence-electron chi connectivity index (χ4n) is 1.77. The van der Waals surface area contributed by atoms with Crippen LogP contribution in [0.15, 0.2) is 42.5 Å². The summed E-state index contributed by atoms with van der Waals surface area (Å²) in [5, 5.41) is 9.52. The van der Waals surface area contributed by atoms with Gasteiger partial charge < -0.3 is 14.6 Å². The van der Waals surface area contributed by atoms with Gasteiger partial charge in [0.2, 0.25) is 0 Å². The first kappa shape index (κ1) is 15.2. The van der Waals surface area contributed by atoms with E-state index in [1.807, 2.05) is 30.3 Å². The molecule has 0 unspecified atom stereocenters. The maximum absolute atomic E-state index is 9.14. The Labute approximate surface area is 129 Å². The largest absolute Gasteiger partial charge is 0.493 e. The van der Waals surface area contributed by atoms with Gasteiger partial charge in [-0.15, -0.1) is 0 Å². The van der Waals surface area contributed by atoms with Crippen LogP contribution < -0.4 is 9.47 Å². The second-order valence-electron chi connectivity index (χ2n) is 4.22. The van der Waals surface area contributed by atoms with Gasteiger partial charge >= 0.3 is 0 Å². The standard InChI is InChI=1S/C17H15ClO3/c1-20-16-11-14(12-19)10-15(18)17(16)21-9-5-8-13-6-3-2-4-7-13/h2-4,6-7,10-11,19H,9,12H2,1H3. The summed E-state index contributed by atoms with van der Waals surface area (Å²) in [4.78, 5) is 0. The van der Waals surface area contributed by atoms with Gasteiger partial charge in [0.1, 0.15) is 6.61 Å². The van der Waals surface area contributed by atoms with Crippen molar-refractivity contribution in [1.82, 2.24) is 0 Å². The van der Waals surface area contributed by atoms with Crippen LogP contribution in [0.2, 0.25) is 5.02 Å². The van der Waals surface area contributed by atoms with Crippen molar-refractivity contribution in [2.75, 3.05) is 13.7 Å². The molecule has 108 valence electrons. The molecule has 0 amide bonds. The van der Waals surface area contributed by atoms with Gasteiger partial charge in [-0.05, 0) is 29.8 Å². The van der Waals surface area contributed by atoms with Crippen molar-refractivity contribution in [1.29, 1.82) is 0 Å². The summed E-state index contributed by atoms with van der Waals surface area (Å²) in [6.45, 7) is 0.0909. The third kappa shape index (κ3) is 4.16. The first-order chi connectivity index (χ1) is 10.2. The van der Waals surface area contributed by atoms with Crippen LogP contribution in [0.1, 0.15) is 11.1 Å². The number of halogens is 1. The zero-order chi connectivity index (χ0) is 15.1. The maximum atomic E-state index is 9.14. The molecule has 0 heterocycles. The summed E-state index contributed by atoms with van der Waals surface area (Å²) in [5.74, 6) is 6.83. The Morgan fingerprint density at radius 2 is 1.95 bits per heavy atom. The molecule has 0 aliphatic carbocycles. The number of hydrogen-bond donors (Lipinski definition) is 1. The lowest BCUT2D eigenvalue weighted by Crippen LogP contribution is -1.99. The molecule has 0 saturated heterocycles. The van der Waals surface area contributed by atoms with Crippen LogP contribution >= 0.6 is 11.6 Å². The summed E-state index contributed by atoms with van der Waals surface area (Å²) >= 11 is 6.12. The van der Waals surface area contributed by atoms with E-state index in [-0.39, 0.29) is 13.2 Å². The van der Waals surface area contributed by atoms with Crippen molar-refractivity contribution in [3.05, 3.63) is 58.6 Å². The zero-order valence-corrected chi connectivity index (χ0v) is 12.4. The maximum Gasteiger partial charge on any atom is 0.181 e. The number of aliphatic hydroxyl groups is 1. The molecular formula is C17H15ClO3. The van der Waals surface area contributed by atoms with Gasteiger partial charge in [0.15, 0.2) is 11.5 Å². The molecule has 2 aromatic rings. The first-order valence-electron chi connectivity index (χ1n) is 6.38. The molecule has 0 bridgehead atoms. The monoisotopic (exact) mass is 302 g/mol. The molecule has 0 aliphatic rings. The molecule has 0 atom stereocenters. The Morgan fingerprint density at radius 3 is 2.62 bits per heavy atom. The van der Waals surface area contributed by atoms with Gasteiger partial charge in [0.05, 0.1) is 18.7 Å². The highest BCUT2D eigenvalue weighted by Gasteiger charge is 2.11. The molecule has 2 aromatic carbocycles. The summed E-state index contributed by atoms with van der Waals surface area (Å²) in [5.41, 5.74) is 1.59. The smallest absolute Gasteiger partial charge is 0.181 e. The van der Waals surface area contributed by atoms with E-state index in [1.165, 1.54) is 7.11 Å². The molecule has 21 heavy (non-hydrogen) atoms. The fourth-order valence-corrected chi connectivity index (χ4v) is 2.06. The first-order valence-corrected chi connectivity index (χ1v) is 6.76. The van der Waals surface area contributed by atoms with E-state index in [4.69, 9.17) is 26.2 Å². The lowest BCUT2D eigenvalue weighted by atomic mass is 10.2. The minimum Gasteiger partial charge on any atom is -0.493 e. The molecule has 0 saturated carbocycles. The molecule has 0 spiro atoms. The second-order valence-corrected chi connectivity index (χ2v) is 4.63. The van der Waals surface area contributed by atoms with Crippen LogP contribution in [0.3, 0.4) is 0 Å². The van der Waals surface area contributed by atoms with Crippen molar-refractivity contribution in [3.63, 3.8) is 0 Å². The minimum atomic E-state index is -0.107. The number of benzene rings is 2. The summed E-state index contributed by atoms with van der Waals surface area (Å²) < 4.78 is 10.8. The molecule has 2 rings (SSSR count). The lowest BCUT2D eigenvalue weighted by Gasteiger charge is -2.11. The number of ether oxygens (including phenoxy) is 2. The van der Waals surface area contributed by atoms with Crippen LogP contribution in [-0.4, -0.2) is 18.8 Å². The van der Waals surface area contributed by atoms with Gasteiger partial charge in [-0.25, -0.2) is 0 Å². The quantitative estimate of drug-likeness (QED) is 0.881. The fraction of sp³-hybridized carbons (Fsp3) is 0.176. The Balaban J connectivity index is 2.08. The van der Waals surface area contributed by atoms with Crippen LogP contribution in [-0.2, 0) is 6.61 Å². The van der Waals surface area contributed by atoms with Crippen LogP contribution in [0.25, 0.3) is 0 Å². The van der Waals surface area contributed by atoms with Crippen molar-refractivity contribution in [2.24, 2.45) is 0 Å². The third-order valence-corrected chi connectivity index (χ3v) is 3.05. The lowest BCUT2D eigenvalue weighted by molar-refractivity contribution is 0.279. The van der Waals surface area contributed by atoms with E-state index >= 15 is 0 Å². The molecule has 0 fully saturated rings. The predicted molar refractivity (Wildman–Crippen MR) is 82.7 cm³/mol. The Morgan fingerprint density at radius 1 is 1.19 bits per heavy atom. The van der Waals surface area contributed by atoms with Crippen LogP contribution in [0.5, 0.6) is 11.5 Å². The van der Waals surface area contributed by atoms with Crippen molar-refractivity contribution in [3.8, 4) is 23.3 Å². The molecule has 0 radical (unpaired) electrons. The van der Waals surface area contributed by atoms with Gasteiger partial charge in [0, 0.05) is 5.56 Å². The van der Waals surface area contributed by atoms with Crippen molar-refractivity contribution >= 4 is 11.6 Å². The molecular weight excluding hydrogens is 288 g/mol. The Hall–Kier alpha value is -2.15. The molecule has 3 nitrogen and oxygen atoms in total. The summed E-state index contributed by atoms with van der Waals surface area (Å²) in [6, 6.07) is 13.0. The zero-order valence-electron chi connectivity index (χ0n) is 11.6. The van der Waals surface area contributed by atoms with E-state index in [0.717, 1.165) is 5.56 Å². The minimum absolute atomic E-state index is 0.107. The van der Waals surface area contributed by atoms with E-state index in [9.17, 15) is 0 Å². The number of aliphatic hydroxyl groups excluding tert-OH is 1. The number of methoxy groups -OCH3 is 1. The highest BCUT2D eigenvalue weighted by Crippen LogP contribution is 2.36. The normalized spacial score (nSPS) is 9.67. The van der Waals surface area contributed by atoms with E-state index in [1.54, 1.807) is 12.1 Å². The highest BCUT2D eigenvalue weighted by molar-refractivity contribution is 6.32. The third-order valence-electron chi connectivity index (χ3n) is 2.77.